The van der Waals surface area contributed by atoms with Gasteiger partial charge in [-0.25, -0.2) is 14.6 Å². The normalized spacial score (nSPS) is 19.6. The topological polar surface area (TPSA) is 106 Å². The molecule has 2 atom stereocenters. The predicted octanol–water partition coefficient (Wildman–Crippen LogP) is 6.10. The number of aryl methyl sites for hydroxylation is 1. The van der Waals surface area contributed by atoms with Crippen molar-refractivity contribution in [2.75, 3.05) is 13.1 Å². The van der Waals surface area contributed by atoms with Gasteiger partial charge in [0.15, 0.2) is 10.9 Å². The highest BCUT2D eigenvalue weighted by Crippen LogP contribution is 2.41. The van der Waals surface area contributed by atoms with Gasteiger partial charge in [-0.3, -0.25) is 19.3 Å². The van der Waals surface area contributed by atoms with Crippen LogP contribution in [0.25, 0.3) is 6.08 Å². The van der Waals surface area contributed by atoms with Crippen molar-refractivity contribution in [2.45, 2.75) is 102 Å². The summed E-state index contributed by atoms with van der Waals surface area (Å²) in [4.78, 5) is 40.1. The van der Waals surface area contributed by atoms with Crippen molar-refractivity contribution >= 4 is 43.0 Å². The molecule has 0 spiro atoms. The van der Waals surface area contributed by atoms with Crippen LogP contribution < -0.4 is 5.48 Å². The number of thioether (sulfide) groups is 1. The Morgan fingerprint density at radius 1 is 1.18 bits per heavy atom. The summed E-state index contributed by atoms with van der Waals surface area (Å²) in [6.07, 6.45) is 7.77. The fourth-order valence-electron chi connectivity index (χ4n) is 5.07. The lowest BCUT2D eigenvalue weighted by atomic mass is 9.93. The summed E-state index contributed by atoms with van der Waals surface area (Å²) >= 11 is 1.29. The van der Waals surface area contributed by atoms with Crippen molar-refractivity contribution in [3.63, 3.8) is 0 Å². The van der Waals surface area contributed by atoms with Gasteiger partial charge in [0.2, 0.25) is 14.2 Å². The number of hydrogen-bond donors (Lipinski definition) is 1. The predicted molar refractivity (Wildman–Crippen MR) is 173 cm³/mol. The van der Waals surface area contributed by atoms with Gasteiger partial charge in [-0.15, -0.1) is 5.10 Å². The van der Waals surface area contributed by atoms with Crippen LogP contribution in [0.5, 0.6) is 0 Å². The highest BCUT2D eigenvalue weighted by molar-refractivity contribution is 8.14. The number of likely N-dealkylation sites (tertiary alicyclic amines) is 1. The number of benzene rings is 1. The van der Waals surface area contributed by atoms with E-state index in [4.69, 9.17) is 4.53 Å². The molecule has 0 radical (unpaired) electrons. The van der Waals surface area contributed by atoms with Crippen LogP contribution in [-0.2, 0) is 25.5 Å². The Balaban J connectivity index is 1.44. The Morgan fingerprint density at radius 3 is 2.57 bits per heavy atom. The minimum absolute atomic E-state index is 0.000967. The standard InChI is InChI=1S/C32H46FN5O4SSi/c1-22(39)43-28-16-18-37(30(31(41)23-14-15-23)26-11-7-8-12-27(26)33)21-24(28)19-25-20-34-36-38(25)17-10-9-13-29(40)35-42-44(5,6)32(2,3)4/h7-8,11-12,19-20,23,28,30H,9-10,13-18,21H2,1-6H3,(H,35,40)/b24-19+. The second kappa shape index (κ2) is 14.6. The molecule has 2 heterocycles. The molecule has 44 heavy (non-hydrogen) atoms. The Kier molecular flexibility index (Phi) is 11.4. The third-order valence-electron chi connectivity index (χ3n) is 8.83. The molecule has 1 N–H and O–H groups in total. The van der Waals surface area contributed by atoms with E-state index in [2.05, 4.69) is 54.6 Å². The lowest BCUT2D eigenvalue weighted by Crippen LogP contribution is -2.46. The summed E-state index contributed by atoms with van der Waals surface area (Å²) in [5, 5.41) is 8.35. The van der Waals surface area contributed by atoms with Crippen LogP contribution >= 0.6 is 11.8 Å². The van der Waals surface area contributed by atoms with Gasteiger partial charge in [0.05, 0.1) is 17.9 Å². The number of rotatable bonds is 13. The lowest BCUT2D eigenvalue weighted by molar-refractivity contribution is -0.128. The Labute approximate surface area is 265 Å². The highest BCUT2D eigenvalue weighted by Gasteiger charge is 2.41. The summed E-state index contributed by atoms with van der Waals surface area (Å²) in [6.45, 7) is 13.7. The molecule has 9 nitrogen and oxygen atoms in total. The number of amides is 1. The van der Waals surface area contributed by atoms with E-state index in [1.807, 2.05) is 6.08 Å². The number of nitrogens with one attached hydrogen (secondary N) is 1. The van der Waals surface area contributed by atoms with Crippen LogP contribution in [0.15, 0.2) is 36.0 Å². The van der Waals surface area contributed by atoms with Crippen LogP contribution in [0.3, 0.4) is 0 Å². The number of Topliss-reactive ketones (excluding diaryl/α,β-unsaturated/α-hetero) is 1. The largest absolute Gasteiger partial charge is 0.320 e. The van der Waals surface area contributed by atoms with Crippen LogP contribution in [0.2, 0.25) is 18.1 Å². The van der Waals surface area contributed by atoms with Gasteiger partial charge in [0, 0.05) is 49.7 Å². The van der Waals surface area contributed by atoms with E-state index in [0.29, 0.717) is 44.5 Å². The van der Waals surface area contributed by atoms with E-state index in [0.717, 1.165) is 30.5 Å². The molecular weight excluding hydrogens is 598 g/mol. The summed E-state index contributed by atoms with van der Waals surface area (Å²) in [7, 11) is -2.07. The molecule has 1 saturated heterocycles. The van der Waals surface area contributed by atoms with E-state index in [-0.39, 0.29) is 38.8 Å². The van der Waals surface area contributed by atoms with Crippen molar-refractivity contribution in [3.05, 3.63) is 53.1 Å². The Morgan fingerprint density at radius 2 is 1.91 bits per heavy atom. The van der Waals surface area contributed by atoms with E-state index in [1.165, 1.54) is 17.8 Å². The zero-order chi connectivity index (χ0) is 32.1. The first kappa shape index (κ1) is 34.2. The number of piperidine rings is 1. The Hall–Kier alpha value is -2.67. The van der Waals surface area contributed by atoms with Crippen LogP contribution in [-0.4, -0.2) is 63.4 Å². The maximum Gasteiger partial charge on any atom is 0.242 e. The van der Waals surface area contributed by atoms with Crippen LogP contribution in [0.1, 0.15) is 83.5 Å². The van der Waals surface area contributed by atoms with Crippen LogP contribution in [0.4, 0.5) is 4.39 Å². The minimum Gasteiger partial charge on any atom is -0.320 e. The average molecular weight is 644 g/mol. The molecule has 4 rings (SSSR count). The molecule has 1 aromatic carbocycles. The van der Waals surface area contributed by atoms with E-state index >= 15 is 0 Å². The molecular formula is C32H46FN5O4SSi. The van der Waals surface area contributed by atoms with Crippen molar-refractivity contribution in [1.29, 1.82) is 0 Å². The fraction of sp³-hybridized carbons (Fsp3) is 0.594. The minimum atomic E-state index is -2.07. The molecule has 2 aliphatic rings. The number of carbonyl (C=O) groups excluding carboxylic acids is 3. The maximum atomic E-state index is 15.0. The number of carbonyl (C=O) groups is 3. The number of nitrogens with zero attached hydrogens (tertiary/aromatic N) is 4. The van der Waals surface area contributed by atoms with Gasteiger partial charge >= 0.3 is 0 Å². The number of aromatic nitrogens is 3. The SMILES string of the molecule is CC(=O)SC1CCN(C(C(=O)C2CC2)c2ccccc2F)C/C1=C\c1cnnn1CCCCC(=O)NO[Si](C)(C)C(C)(C)C. The van der Waals surface area contributed by atoms with Gasteiger partial charge < -0.3 is 4.53 Å². The van der Waals surface area contributed by atoms with Gasteiger partial charge in [0.1, 0.15) is 5.82 Å². The van der Waals surface area contributed by atoms with Crippen molar-refractivity contribution in [1.82, 2.24) is 25.4 Å². The number of halogens is 1. The quantitative estimate of drug-likeness (QED) is 0.159. The number of ketones is 1. The average Bonchev–Trinajstić information content (AvgIpc) is 3.71. The van der Waals surface area contributed by atoms with E-state index in [1.54, 1.807) is 36.0 Å². The van der Waals surface area contributed by atoms with Gasteiger partial charge in [-0.1, -0.05) is 55.9 Å². The second-order valence-electron chi connectivity index (χ2n) is 13.4. The van der Waals surface area contributed by atoms with E-state index in [9.17, 15) is 18.8 Å². The van der Waals surface area contributed by atoms with Gasteiger partial charge in [-0.2, -0.15) is 0 Å². The maximum absolute atomic E-state index is 15.0. The third-order valence-corrected chi connectivity index (χ3v) is 14.2. The van der Waals surface area contributed by atoms with Crippen LogP contribution in [0, 0.1) is 11.7 Å². The molecule has 1 amide bonds. The lowest BCUT2D eigenvalue weighted by Gasteiger charge is -2.38. The molecule has 0 bridgehead atoms. The molecule has 1 aliphatic heterocycles. The summed E-state index contributed by atoms with van der Waals surface area (Å²) < 4.78 is 22.6. The fourth-order valence-corrected chi connectivity index (χ4v) is 6.67. The molecule has 2 unspecified atom stereocenters. The Bertz CT molecular complexity index is 1370. The number of unbranched alkanes of at least 4 members (excludes halogenated alkanes) is 1. The first-order valence-corrected chi connectivity index (χ1v) is 19.3. The van der Waals surface area contributed by atoms with Crippen molar-refractivity contribution in [2.24, 2.45) is 5.92 Å². The number of hydroxylamine groups is 1. The number of hydrogen-bond acceptors (Lipinski definition) is 8. The summed E-state index contributed by atoms with van der Waals surface area (Å²) in [5.74, 6) is -0.465. The monoisotopic (exact) mass is 643 g/mol. The third kappa shape index (κ3) is 8.95. The first-order chi connectivity index (χ1) is 20.8. The first-order valence-electron chi connectivity index (χ1n) is 15.5. The molecule has 12 heteroatoms. The van der Waals surface area contributed by atoms with Crippen molar-refractivity contribution in [3.8, 4) is 0 Å². The molecule has 1 aliphatic carbocycles. The molecule has 2 aromatic rings. The van der Waals surface area contributed by atoms with Gasteiger partial charge in [-0.05, 0) is 68.0 Å². The smallest absolute Gasteiger partial charge is 0.242 e. The molecule has 1 saturated carbocycles. The summed E-state index contributed by atoms with van der Waals surface area (Å²) in [5.41, 5.74) is 4.83. The molecule has 1 aromatic heterocycles. The zero-order valence-electron chi connectivity index (χ0n) is 26.8. The zero-order valence-corrected chi connectivity index (χ0v) is 28.6. The van der Waals surface area contributed by atoms with E-state index < -0.39 is 14.4 Å². The van der Waals surface area contributed by atoms with Gasteiger partial charge in [0.25, 0.3) is 0 Å². The molecule has 2 fully saturated rings. The van der Waals surface area contributed by atoms with Crippen molar-refractivity contribution < 1.29 is 23.3 Å². The summed E-state index contributed by atoms with van der Waals surface area (Å²) in [6, 6.07) is 5.87. The highest BCUT2D eigenvalue weighted by atomic mass is 32.2. The molecule has 240 valence electrons. The second-order valence-corrected chi connectivity index (χ2v) is 19.5.